The number of likely N-dealkylation sites (tertiary alicyclic amines) is 1. The molecule has 2 rings (SSSR count). The monoisotopic (exact) mass is 358 g/mol. The van der Waals surface area contributed by atoms with Gasteiger partial charge in [-0.25, -0.2) is 8.78 Å². The quantitative estimate of drug-likeness (QED) is 0.826. The fourth-order valence-electron chi connectivity index (χ4n) is 2.63. The first-order valence-corrected chi connectivity index (χ1v) is 6.74. The zero-order chi connectivity index (χ0) is 16.5. The third-order valence-electron chi connectivity index (χ3n) is 3.69. The van der Waals surface area contributed by atoms with Gasteiger partial charge in [-0.15, -0.1) is 12.4 Å². The molecule has 1 aliphatic heterocycles. The molecule has 2 N–H and O–H groups in total. The summed E-state index contributed by atoms with van der Waals surface area (Å²) >= 11 is 0. The van der Waals surface area contributed by atoms with Gasteiger partial charge in [-0.1, -0.05) is 12.1 Å². The van der Waals surface area contributed by atoms with Crippen LogP contribution < -0.4 is 5.73 Å². The minimum absolute atomic E-state index is 0. The fraction of sp³-hybridized carbons (Fsp3) is 0.500. The first-order chi connectivity index (χ1) is 10.2. The van der Waals surface area contributed by atoms with Crippen LogP contribution in [0.25, 0.3) is 0 Å². The van der Waals surface area contributed by atoms with Gasteiger partial charge in [-0.2, -0.15) is 13.2 Å². The number of carbonyl (C=O) groups is 1. The highest BCUT2D eigenvalue weighted by atomic mass is 35.5. The molecule has 1 aliphatic rings. The van der Waals surface area contributed by atoms with E-state index in [-0.39, 0.29) is 37.4 Å². The van der Waals surface area contributed by atoms with E-state index in [9.17, 15) is 26.7 Å². The first-order valence-electron chi connectivity index (χ1n) is 6.74. The van der Waals surface area contributed by atoms with Crippen molar-refractivity contribution >= 4 is 18.3 Å². The van der Waals surface area contributed by atoms with Gasteiger partial charge in [-0.05, 0) is 24.5 Å². The molecule has 2 atom stereocenters. The van der Waals surface area contributed by atoms with Crippen LogP contribution in [0.15, 0.2) is 18.2 Å². The highest BCUT2D eigenvalue weighted by Crippen LogP contribution is 2.30. The molecule has 0 bridgehead atoms. The zero-order valence-electron chi connectivity index (χ0n) is 11.9. The molecule has 9 heteroatoms. The van der Waals surface area contributed by atoms with Crippen molar-refractivity contribution in [3.05, 3.63) is 35.4 Å². The Hall–Kier alpha value is -1.41. The maximum atomic E-state index is 13.8. The van der Waals surface area contributed by atoms with Gasteiger partial charge in [-0.3, -0.25) is 4.79 Å². The summed E-state index contributed by atoms with van der Waals surface area (Å²) in [6, 6.07) is 2.47. The van der Waals surface area contributed by atoms with Crippen LogP contribution in [0.5, 0.6) is 0 Å². The van der Waals surface area contributed by atoms with Gasteiger partial charge in [0, 0.05) is 12.5 Å². The van der Waals surface area contributed by atoms with Crippen molar-refractivity contribution < 1.29 is 26.7 Å². The number of halogens is 6. The van der Waals surface area contributed by atoms with Gasteiger partial charge in [0.15, 0.2) is 11.6 Å². The zero-order valence-corrected chi connectivity index (χ0v) is 12.8. The second-order valence-electron chi connectivity index (χ2n) is 5.36. The van der Waals surface area contributed by atoms with E-state index in [1.54, 1.807) is 0 Å². The Labute approximate surface area is 136 Å². The highest BCUT2D eigenvalue weighted by molar-refractivity contribution is 5.85. The Morgan fingerprint density at radius 1 is 1.22 bits per heavy atom. The molecule has 1 saturated heterocycles. The van der Waals surface area contributed by atoms with E-state index in [1.807, 2.05) is 0 Å². The highest BCUT2D eigenvalue weighted by Gasteiger charge is 2.38. The summed E-state index contributed by atoms with van der Waals surface area (Å²) in [5.74, 6) is -3.71. The van der Waals surface area contributed by atoms with Crippen molar-refractivity contribution in [2.45, 2.75) is 31.0 Å². The minimum atomic E-state index is -4.58. The van der Waals surface area contributed by atoms with Crippen LogP contribution in [-0.4, -0.2) is 36.1 Å². The molecule has 1 aromatic carbocycles. The third kappa shape index (κ3) is 4.78. The SMILES string of the molecule is Cl.N[C@@H]1CC[C@@H](c2cccc(F)c2F)CN(CC(F)(F)F)C1=O. The summed E-state index contributed by atoms with van der Waals surface area (Å²) in [7, 11) is 0. The van der Waals surface area contributed by atoms with Crippen LogP contribution in [0.4, 0.5) is 22.0 Å². The molecule has 0 radical (unpaired) electrons. The van der Waals surface area contributed by atoms with Crippen molar-refractivity contribution in [1.29, 1.82) is 0 Å². The lowest BCUT2D eigenvalue weighted by molar-refractivity contribution is -0.161. The van der Waals surface area contributed by atoms with Crippen molar-refractivity contribution in [2.75, 3.05) is 13.1 Å². The lowest BCUT2D eigenvalue weighted by atomic mass is 9.93. The standard InChI is InChI=1S/C14H15F5N2O.ClH/c15-10-3-1-2-9(12(10)16)8-4-5-11(20)13(22)21(6-8)7-14(17,18)19;/h1-3,8,11H,4-7,20H2;1H/t8-,11-;/m1./s1. The van der Waals surface area contributed by atoms with E-state index in [4.69, 9.17) is 5.73 Å². The molecule has 23 heavy (non-hydrogen) atoms. The Balaban J connectivity index is 0.00000264. The molecule has 3 nitrogen and oxygen atoms in total. The van der Waals surface area contributed by atoms with E-state index in [2.05, 4.69) is 0 Å². The number of amides is 1. The van der Waals surface area contributed by atoms with E-state index in [0.29, 0.717) is 4.90 Å². The van der Waals surface area contributed by atoms with Crippen LogP contribution in [0.3, 0.4) is 0 Å². The number of hydrogen-bond acceptors (Lipinski definition) is 2. The first kappa shape index (κ1) is 19.6. The smallest absolute Gasteiger partial charge is 0.332 e. The number of benzene rings is 1. The molecule has 1 aromatic rings. The third-order valence-corrected chi connectivity index (χ3v) is 3.69. The summed E-state index contributed by atoms with van der Waals surface area (Å²) in [4.78, 5) is 12.5. The number of alkyl halides is 3. The Morgan fingerprint density at radius 2 is 1.87 bits per heavy atom. The maximum absolute atomic E-state index is 13.8. The van der Waals surface area contributed by atoms with Crippen LogP contribution >= 0.6 is 12.4 Å². The van der Waals surface area contributed by atoms with Crippen molar-refractivity contribution in [3.8, 4) is 0 Å². The van der Waals surface area contributed by atoms with Gasteiger partial charge >= 0.3 is 6.18 Å². The average Bonchev–Trinajstić information content (AvgIpc) is 2.54. The van der Waals surface area contributed by atoms with Crippen LogP contribution in [0.2, 0.25) is 0 Å². The molecule has 1 fully saturated rings. The Morgan fingerprint density at radius 3 is 2.48 bits per heavy atom. The van der Waals surface area contributed by atoms with Gasteiger partial charge in [0.25, 0.3) is 0 Å². The second kappa shape index (κ2) is 7.44. The average molecular weight is 359 g/mol. The lowest BCUT2D eigenvalue weighted by Crippen LogP contribution is -2.46. The van der Waals surface area contributed by atoms with Gasteiger partial charge < -0.3 is 10.6 Å². The van der Waals surface area contributed by atoms with Crippen LogP contribution in [-0.2, 0) is 4.79 Å². The number of hydrogen-bond donors (Lipinski definition) is 1. The number of carbonyl (C=O) groups excluding carboxylic acids is 1. The lowest BCUT2D eigenvalue weighted by Gasteiger charge is -2.26. The molecule has 0 aromatic heterocycles. The second-order valence-corrected chi connectivity index (χ2v) is 5.36. The summed E-state index contributed by atoms with van der Waals surface area (Å²) in [6.45, 7) is -1.79. The Kier molecular flexibility index (Phi) is 6.35. The summed E-state index contributed by atoms with van der Waals surface area (Å²) in [5.41, 5.74) is 5.54. The van der Waals surface area contributed by atoms with Crippen LogP contribution in [0, 0.1) is 11.6 Å². The van der Waals surface area contributed by atoms with E-state index < -0.39 is 42.2 Å². The maximum Gasteiger partial charge on any atom is 0.406 e. The molecular weight excluding hydrogens is 343 g/mol. The van der Waals surface area contributed by atoms with Crippen molar-refractivity contribution in [3.63, 3.8) is 0 Å². The van der Waals surface area contributed by atoms with Gasteiger partial charge in [0.2, 0.25) is 5.91 Å². The summed E-state index contributed by atoms with van der Waals surface area (Å²) in [5, 5.41) is 0. The molecule has 1 amide bonds. The summed E-state index contributed by atoms with van der Waals surface area (Å²) < 4.78 is 64.9. The minimum Gasteiger partial charge on any atom is -0.332 e. The van der Waals surface area contributed by atoms with Gasteiger partial charge in [0.05, 0.1) is 6.04 Å². The van der Waals surface area contributed by atoms with E-state index in [1.165, 1.54) is 12.1 Å². The molecule has 130 valence electrons. The molecule has 0 aliphatic carbocycles. The van der Waals surface area contributed by atoms with Crippen molar-refractivity contribution in [2.24, 2.45) is 5.73 Å². The summed E-state index contributed by atoms with van der Waals surface area (Å²) in [6.07, 6.45) is -4.25. The number of nitrogens with two attached hydrogens (primary N) is 1. The number of rotatable bonds is 2. The van der Waals surface area contributed by atoms with Crippen LogP contribution in [0.1, 0.15) is 24.3 Å². The largest absolute Gasteiger partial charge is 0.406 e. The molecule has 0 unspecified atom stereocenters. The van der Waals surface area contributed by atoms with E-state index in [0.717, 1.165) is 6.07 Å². The molecule has 0 saturated carbocycles. The molecule has 0 spiro atoms. The fourth-order valence-corrected chi connectivity index (χ4v) is 2.63. The topological polar surface area (TPSA) is 46.3 Å². The van der Waals surface area contributed by atoms with Crippen molar-refractivity contribution in [1.82, 2.24) is 4.90 Å². The van der Waals surface area contributed by atoms with E-state index >= 15 is 0 Å². The predicted octanol–water partition coefficient (Wildman–Crippen LogP) is 2.98. The molecular formula is C14H16ClF5N2O. The van der Waals surface area contributed by atoms with Gasteiger partial charge in [0.1, 0.15) is 6.54 Å². The number of nitrogens with zero attached hydrogens (tertiary/aromatic N) is 1. The normalized spacial score (nSPS) is 22.5. The Bertz CT molecular complexity index is 567. The molecule has 1 heterocycles. The predicted molar refractivity (Wildman–Crippen MR) is 76.2 cm³/mol.